The van der Waals surface area contributed by atoms with Crippen LogP contribution in [0.5, 0.6) is 5.75 Å². The molecule has 0 bridgehead atoms. The van der Waals surface area contributed by atoms with E-state index in [9.17, 15) is 0 Å². The summed E-state index contributed by atoms with van der Waals surface area (Å²) < 4.78 is 5.75. The van der Waals surface area contributed by atoms with Gasteiger partial charge in [-0.3, -0.25) is 11.3 Å². The van der Waals surface area contributed by atoms with Crippen molar-refractivity contribution in [2.75, 3.05) is 12.4 Å². The number of thioether (sulfide) groups is 1. The Hall–Kier alpha value is -0.710. The van der Waals surface area contributed by atoms with Gasteiger partial charge in [0.1, 0.15) is 5.75 Å². The second-order valence-electron chi connectivity index (χ2n) is 6.21. The molecule has 4 heteroatoms. The number of nitrogens with two attached hydrogens (primary N) is 1. The Balaban J connectivity index is 1.56. The van der Waals surface area contributed by atoms with Gasteiger partial charge in [-0.2, -0.15) is 11.8 Å². The predicted octanol–water partition coefficient (Wildman–Crippen LogP) is 3.45. The Labute approximate surface area is 132 Å². The van der Waals surface area contributed by atoms with Gasteiger partial charge in [-0.05, 0) is 43.2 Å². The van der Waals surface area contributed by atoms with E-state index >= 15 is 0 Å². The third-order valence-corrected chi connectivity index (χ3v) is 6.26. The second kappa shape index (κ2) is 7.52. The summed E-state index contributed by atoms with van der Waals surface area (Å²) in [6.07, 6.45) is 7.81. The number of hydrogen-bond acceptors (Lipinski definition) is 4. The monoisotopic (exact) mass is 306 g/mol. The van der Waals surface area contributed by atoms with Crippen LogP contribution in [-0.2, 0) is 0 Å². The van der Waals surface area contributed by atoms with Gasteiger partial charge in [-0.15, -0.1) is 0 Å². The van der Waals surface area contributed by atoms with Crippen LogP contribution in [0, 0.1) is 0 Å². The molecule has 1 aromatic rings. The van der Waals surface area contributed by atoms with Crippen LogP contribution in [0.3, 0.4) is 0 Å². The first-order valence-electron chi connectivity index (χ1n) is 8.16. The van der Waals surface area contributed by atoms with Gasteiger partial charge in [-0.1, -0.05) is 31.0 Å². The molecule has 0 radical (unpaired) electrons. The van der Waals surface area contributed by atoms with Gasteiger partial charge >= 0.3 is 0 Å². The molecule has 1 heterocycles. The quantitative estimate of drug-likeness (QED) is 0.624. The van der Waals surface area contributed by atoms with E-state index in [4.69, 9.17) is 10.6 Å². The largest absolute Gasteiger partial charge is 0.493 e. The molecule has 2 aliphatic rings. The van der Waals surface area contributed by atoms with E-state index in [-0.39, 0.29) is 0 Å². The molecule has 116 valence electrons. The summed E-state index contributed by atoms with van der Waals surface area (Å²) in [6, 6.07) is 8.84. The molecular formula is C17H26N2OS. The lowest BCUT2D eigenvalue weighted by Crippen LogP contribution is -2.39. The average molecular weight is 306 g/mol. The van der Waals surface area contributed by atoms with Crippen LogP contribution >= 0.6 is 11.8 Å². The fraction of sp³-hybridized carbons (Fsp3) is 0.647. The van der Waals surface area contributed by atoms with E-state index in [0.717, 1.165) is 36.2 Å². The van der Waals surface area contributed by atoms with Crippen molar-refractivity contribution >= 4 is 11.8 Å². The predicted molar refractivity (Wildman–Crippen MR) is 89.7 cm³/mol. The van der Waals surface area contributed by atoms with Crippen LogP contribution in [0.4, 0.5) is 0 Å². The van der Waals surface area contributed by atoms with Gasteiger partial charge in [0.2, 0.25) is 0 Å². The second-order valence-corrected chi connectivity index (χ2v) is 7.54. The molecule has 1 aliphatic heterocycles. The lowest BCUT2D eigenvalue weighted by molar-refractivity contribution is 0.257. The molecule has 21 heavy (non-hydrogen) atoms. The highest BCUT2D eigenvalue weighted by Gasteiger charge is 2.25. The lowest BCUT2D eigenvalue weighted by Gasteiger charge is -2.29. The van der Waals surface area contributed by atoms with Crippen molar-refractivity contribution in [3.05, 3.63) is 29.8 Å². The highest BCUT2D eigenvalue weighted by Crippen LogP contribution is 2.37. The van der Waals surface area contributed by atoms with Crippen molar-refractivity contribution < 1.29 is 4.74 Å². The van der Waals surface area contributed by atoms with Gasteiger partial charge in [0.05, 0.1) is 6.61 Å². The fourth-order valence-electron chi connectivity index (χ4n) is 3.50. The molecule has 0 spiro atoms. The van der Waals surface area contributed by atoms with Crippen molar-refractivity contribution in [3.63, 3.8) is 0 Å². The molecule has 0 aromatic heterocycles. The van der Waals surface area contributed by atoms with E-state index < -0.39 is 0 Å². The summed E-state index contributed by atoms with van der Waals surface area (Å²) >= 11 is 2.11. The van der Waals surface area contributed by atoms with Crippen LogP contribution in [0.15, 0.2) is 24.3 Å². The number of para-hydroxylation sites is 1. The molecule has 0 amide bonds. The summed E-state index contributed by atoms with van der Waals surface area (Å²) in [4.78, 5) is 0. The SMILES string of the molecule is NNC(CSC1CCCC1)CC1CCOc2ccccc21. The molecule has 1 aromatic carbocycles. The van der Waals surface area contributed by atoms with Gasteiger partial charge in [0.15, 0.2) is 0 Å². The first-order valence-corrected chi connectivity index (χ1v) is 9.21. The Morgan fingerprint density at radius 1 is 1.24 bits per heavy atom. The first kappa shape index (κ1) is 15.2. The van der Waals surface area contributed by atoms with E-state index in [1.807, 2.05) is 0 Å². The van der Waals surface area contributed by atoms with Gasteiger partial charge in [0.25, 0.3) is 0 Å². The van der Waals surface area contributed by atoms with Crippen LogP contribution in [0.2, 0.25) is 0 Å². The third kappa shape index (κ3) is 3.93. The molecule has 2 unspecified atom stereocenters. The summed E-state index contributed by atoms with van der Waals surface area (Å²) in [5.41, 5.74) is 4.40. The highest BCUT2D eigenvalue weighted by molar-refractivity contribution is 7.99. The molecule has 1 aliphatic carbocycles. The van der Waals surface area contributed by atoms with E-state index in [1.165, 1.54) is 31.2 Å². The maximum atomic E-state index is 5.80. The van der Waals surface area contributed by atoms with E-state index in [2.05, 4.69) is 41.5 Å². The van der Waals surface area contributed by atoms with Gasteiger partial charge < -0.3 is 4.74 Å². The summed E-state index contributed by atoms with van der Waals surface area (Å²) in [6.45, 7) is 0.828. The fourth-order valence-corrected chi connectivity index (χ4v) is 4.90. The standard InChI is InChI=1S/C17H26N2OS/c18-19-14(12-21-15-5-1-2-6-15)11-13-9-10-20-17-8-4-3-7-16(13)17/h3-4,7-8,13-15,19H,1-2,5-6,9-12,18H2. The number of benzene rings is 1. The minimum atomic E-state index is 0.395. The molecule has 0 saturated heterocycles. The van der Waals surface area contributed by atoms with E-state index in [1.54, 1.807) is 0 Å². The molecule has 3 N–H and O–H groups in total. The Bertz CT molecular complexity index is 448. The van der Waals surface area contributed by atoms with Gasteiger partial charge in [0, 0.05) is 17.0 Å². The van der Waals surface area contributed by atoms with Crippen LogP contribution in [0.25, 0.3) is 0 Å². The number of ether oxygens (including phenoxy) is 1. The normalized spacial score (nSPS) is 23.6. The van der Waals surface area contributed by atoms with Crippen molar-refractivity contribution in [1.82, 2.24) is 5.43 Å². The maximum Gasteiger partial charge on any atom is 0.122 e. The number of hydrogen-bond donors (Lipinski definition) is 2. The zero-order chi connectivity index (χ0) is 14.5. The highest BCUT2D eigenvalue weighted by atomic mass is 32.2. The minimum Gasteiger partial charge on any atom is -0.493 e. The van der Waals surface area contributed by atoms with Gasteiger partial charge in [-0.25, -0.2) is 0 Å². The number of hydrazine groups is 1. The topological polar surface area (TPSA) is 47.3 Å². The molecule has 1 fully saturated rings. The first-order chi connectivity index (χ1) is 10.4. The number of rotatable bonds is 6. The molecule has 3 rings (SSSR count). The van der Waals surface area contributed by atoms with Crippen molar-refractivity contribution in [3.8, 4) is 5.75 Å². The van der Waals surface area contributed by atoms with Crippen molar-refractivity contribution in [1.29, 1.82) is 0 Å². The van der Waals surface area contributed by atoms with Crippen molar-refractivity contribution in [2.45, 2.75) is 55.7 Å². The van der Waals surface area contributed by atoms with Crippen molar-refractivity contribution in [2.24, 2.45) is 5.84 Å². The summed E-state index contributed by atoms with van der Waals surface area (Å²) in [5, 5.41) is 0.864. The minimum absolute atomic E-state index is 0.395. The third-order valence-electron chi connectivity index (χ3n) is 4.72. The maximum absolute atomic E-state index is 5.80. The average Bonchev–Trinajstić information content (AvgIpc) is 3.05. The Morgan fingerprint density at radius 2 is 2.05 bits per heavy atom. The van der Waals surface area contributed by atoms with E-state index in [0.29, 0.717) is 12.0 Å². The molecule has 3 nitrogen and oxygen atoms in total. The van der Waals surface area contributed by atoms with Crippen LogP contribution < -0.4 is 16.0 Å². The molecular weight excluding hydrogens is 280 g/mol. The zero-order valence-electron chi connectivity index (χ0n) is 12.6. The molecule has 1 saturated carbocycles. The smallest absolute Gasteiger partial charge is 0.122 e. The molecule has 2 atom stereocenters. The van der Waals surface area contributed by atoms with Crippen LogP contribution in [-0.4, -0.2) is 23.7 Å². The van der Waals surface area contributed by atoms with Crippen LogP contribution in [0.1, 0.15) is 50.0 Å². The summed E-state index contributed by atoms with van der Waals surface area (Å²) in [7, 11) is 0. The Kier molecular flexibility index (Phi) is 5.44. The lowest BCUT2D eigenvalue weighted by atomic mass is 9.88. The summed E-state index contributed by atoms with van der Waals surface area (Å²) in [5.74, 6) is 8.56. The number of nitrogens with one attached hydrogen (secondary N) is 1. The Morgan fingerprint density at radius 3 is 2.86 bits per heavy atom. The number of fused-ring (bicyclic) bond motifs is 1. The zero-order valence-corrected chi connectivity index (χ0v) is 13.4.